The summed E-state index contributed by atoms with van der Waals surface area (Å²) in [4.78, 5) is 17.0. The molecule has 1 N–H and O–H groups in total. The maximum absolute atomic E-state index is 10.7. The third-order valence-electron chi connectivity index (χ3n) is 5.12. The van der Waals surface area contributed by atoms with E-state index < -0.39 is 0 Å². The van der Waals surface area contributed by atoms with Crippen molar-refractivity contribution in [1.29, 1.82) is 0 Å². The Balaban J connectivity index is 1.60. The van der Waals surface area contributed by atoms with Gasteiger partial charge in [0.1, 0.15) is 0 Å². The monoisotopic (exact) mass is 406 g/mol. The number of aryl methyl sites for hydroxylation is 1. The fourth-order valence-electron chi connectivity index (χ4n) is 3.46. The second-order valence-corrected chi connectivity index (χ2v) is 7.26. The van der Waals surface area contributed by atoms with E-state index in [1.165, 1.54) is 0 Å². The first-order valence-corrected chi connectivity index (χ1v) is 10.4. The van der Waals surface area contributed by atoms with Gasteiger partial charge in [0.05, 0.1) is 11.0 Å². The van der Waals surface area contributed by atoms with Crippen molar-refractivity contribution in [3.63, 3.8) is 0 Å². The Kier molecular flexibility index (Phi) is 10.4. The lowest BCUT2D eigenvalue weighted by molar-refractivity contribution is -0.384. The summed E-state index contributed by atoms with van der Waals surface area (Å²) in [7, 11) is 3.54. The van der Waals surface area contributed by atoms with Gasteiger partial charge in [-0.3, -0.25) is 15.1 Å². The Bertz CT molecular complexity index is 628. The highest BCUT2D eigenvalue weighted by Crippen LogP contribution is 2.15. The van der Waals surface area contributed by atoms with Crippen molar-refractivity contribution in [3.05, 3.63) is 39.9 Å². The molecule has 0 bridgehead atoms. The minimum atomic E-state index is -0.365. The molecule has 1 aromatic rings. The number of hydrogen-bond acceptors (Lipinski definition) is 5. The van der Waals surface area contributed by atoms with Gasteiger partial charge in [-0.25, -0.2) is 0 Å². The van der Waals surface area contributed by atoms with Gasteiger partial charge in [0.25, 0.3) is 5.69 Å². The lowest BCUT2D eigenvalue weighted by atomic mass is 10.1. The summed E-state index contributed by atoms with van der Waals surface area (Å²) < 4.78 is 11.0. The van der Waals surface area contributed by atoms with Crippen LogP contribution in [-0.4, -0.2) is 68.9 Å². The summed E-state index contributed by atoms with van der Waals surface area (Å²) in [5.74, 6) is 0.957. The third kappa shape index (κ3) is 8.37. The molecule has 0 unspecified atom stereocenters. The molecule has 1 aromatic carbocycles. The highest BCUT2D eigenvalue weighted by atomic mass is 16.6. The van der Waals surface area contributed by atoms with E-state index >= 15 is 0 Å². The zero-order valence-electron chi connectivity index (χ0n) is 17.6. The van der Waals surface area contributed by atoms with Gasteiger partial charge in [-0.15, -0.1) is 0 Å². The molecule has 0 aliphatic carbocycles. The predicted molar refractivity (Wildman–Crippen MR) is 114 cm³/mol. The maximum Gasteiger partial charge on any atom is 0.269 e. The van der Waals surface area contributed by atoms with E-state index in [9.17, 15) is 10.1 Å². The van der Waals surface area contributed by atoms with E-state index in [4.69, 9.17) is 9.47 Å². The van der Waals surface area contributed by atoms with Crippen molar-refractivity contribution >= 4 is 11.6 Å². The molecule has 8 nitrogen and oxygen atoms in total. The number of guanidine groups is 1. The van der Waals surface area contributed by atoms with Crippen molar-refractivity contribution in [3.8, 4) is 0 Å². The zero-order chi connectivity index (χ0) is 20.9. The summed E-state index contributed by atoms with van der Waals surface area (Å²) >= 11 is 0. The van der Waals surface area contributed by atoms with Crippen LogP contribution in [-0.2, 0) is 15.9 Å². The lowest BCUT2D eigenvalue weighted by Crippen LogP contribution is -2.47. The first-order chi connectivity index (χ1) is 14.1. The number of nitro groups is 1. The second-order valence-electron chi connectivity index (χ2n) is 7.26. The average molecular weight is 407 g/mol. The first kappa shape index (κ1) is 23.1. The Hall–Kier alpha value is -2.19. The summed E-state index contributed by atoms with van der Waals surface area (Å²) in [6.07, 6.45) is 6.29. The van der Waals surface area contributed by atoms with E-state index in [-0.39, 0.29) is 10.6 Å². The molecule has 0 saturated carbocycles. The van der Waals surface area contributed by atoms with E-state index in [1.807, 2.05) is 19.2 Å². The molecule has 0 aromatic heterocycles. The largest absolute Gasteiger partial charge is 0.385 e. The number of ether oxygens (including phenoxy) is 2. The van der Waals surface area contributed by atoms with Gasteiger partial charge in [0.15, 0.2) is 5.96 Å². The number of aliphatic imine (C=N–C) groups is 1. The number of likely N-dealkylation sites (tertiary alicyclic amines) is 1. The van der Waals surface area contributed by atoms with E-state index in [0.717, 1.165) is 82.9 Å². The Morgan fingerprint density at radius 3 is 2.55 bits per heavy atom. The first-order valence-electron chi connectivity index (χ1n) is 10.4. The number of unbranched alkanes of at least 4 members (excludes halogenated alkanes) is 1. The lowest BCUT2D eigenvalue weighted by Gasteiger charge is -2.34. The number of nitro benzene ring substituents is 1. The van der Waals surface area contributed by atoms with Crippen LogP contribution in [0.4, 0.5) is 5.69 Å². The van der Waals surface area contributed by atoms with Crippen LogP contribution in [0.3, 0.4) is 0 Å². The van der Waals surface area contributed by atoms with Gasteiger partial charge in [-0.1, -0.05) is 12.1 Å². The number of rotatable bonds is 11. The van der Waals surface area contributed by atoms with Gasteiger partial charge in [0, 0.05) is 59.1 Å². The topological polar surface area (TPSA) is 89.2 Å². The van der Waals surface area contributed by atoms with Crippen molar-refractivity contribution in [2.24, 2.45) is 4.99 Å². The summed E-state index contributed by atoms with van der Waals surface area (Å²) in [5.41, 5.74) is 1.27. The van der Waals surface area contributed by atoms with Gasteiger partial charge in [0.2, 0.25) is 0 Å². The Morgan fingerprint density at radius 1 is 1.21 bits per heavy atom. The van der Waals surface area contributed by atoms with Crippen LogP contribution in [0.2, 0.25) is 0 Å². The third-order valence-corrected chi connectivity index (χ3v) is 5.12. The highest BCUT2D eigenvalue weighted by Gasteiger charge is 2.21. The Labute approximate surface area is 173 Å². The van der Waals surface area contributed by atoms with Crippen LogP contribution in [0.5, 0.6) is 0 Å². The number of non-ortho nitro benzene ring substituents is 1. The van der Waals surface area contributed by atoms with Crippen molar-refractivity contribution in [2.45, 2.75) is 44.6 Å². The minimum Gasteiger partial charge on any atom is -0.385 e. The number of nitrogens with zero attached hydrogens (tertiary/aromatic N) is 3. The molecule has 29 heavy (non-hydrogen) atoms. The van der Waals surface area contributed by atoms with Gasteiger partial charge >= 0.3 is 0 Å². The molecular weight excluding hydrogens is 372 g/mol. The molecule has 2 rings (SSSR count). The fraction of sp³-hybridized carbons (Fsp3) is 0.667. The summed E-state index contributed by atoms with van der Waals surface area (Å²) in [6.45, 7) is 4.29. The number of hydrogen-bond donors (Lipinski definition) is 1. The molecule has 0 spiro atoms. The molecule has 1 heterocycles. The van der Waals surface area contributed by atoms with Crippen LogP contribution in [0.15, 0.2) is 29.3 Å². The number of methoxy groups -OCH3 is 1. The SMILES string of the molecule is CN=C(NCCCCc1ccc([N+](=O)[O-])cc1)N1CCC(OCCCOC)CC1. The molecule has 0 radical (unpaired) electrons. The quantitative estimate of drug-likeness (QED) is 0.200. The molecule has 1 fully saturated rings. The molecular formula is C21H34N4O4. The molecule has 8 heteroatoms. The van der Waals surface area contributed by atoms with Crippen LogP contribution >= 0.6 is 0 Å². The van der Waals surface area contributed by atoms with Gasteiger partial charge in [-0.2, -0.15) is 0 Å². The maximum atomic E-state index is 10.7. The van der Waals surface area contributed by atoms with Crippen LogP contribution in [0.1, 0.15) is 37.7 Å². The normalized spacial score (nSPS) is 15.5. The molecule has 0 atom stereocenters. The van der Waals surface area contributed by atoms with Crippen molar-refractivity contribution < 1.29 is 14.4 Å². The Morgan fingerprint density at radius 2 is 1.93 bits per heavy atom. The predicted octanol–water partition coefficient (Wildman–Crippen LogP) is 3.01. The number of benzene rings is 1. The number of nitrogens with one attached hydrogen (secondary N) is 1. The van der Waals surface area contributed by atoms with Crippen molar-refractivity contribution in [2.75, 3.05) is 47.0 Å². The molecule has 1 saturated heterocycles. The summed E-state index contributed by atoms with van der Waals surface area (Å²) in [5, 5.41) is 14.1. The highest BCUT2D eigenvalue weighted by molar-refractivity contribution is 5.79. The standard InChI is InChI=1S/C21H34N4O4/c1-22-21(24-14-11-20(12-15-24)29-17-5-16-28-2)23-13-4-3-6-18-7-9-19(10-8-18)25(26)27/h7-10,20H,3-6,11-17H2,1-2H3,(H,22,23). The fourth-order valence-corrected chi connectivity index (χ4v) is 3.46. The molecule has 162 valence electrons. The van der Waals surface area contributed by atoms with Gasteiger partial charge in [-0.05, 0) is 44.1 Å². The minimum absolute atomic E-state index is 0.142. The zero-order valence-corrected chi connectivity index (χ0v) is 17.6. The van der Waals surface area contributed by atoms with Crippen LogP contribution < -0.4 is 5.32 Å². The second kappa shape index (κ2) is 13.1. The number of piperidine rings is 1. The van der Waals surface area contributed by atoms with Crippen LogP contribution in [0, 0.1) is 10.1 Å². The van der Waals surface area contributed by atoms with E-state index in [1.54, 1.807) is 19.2 Å². The van der Waals surface area contributed by atoms with E-state index in [2.05, 4.69) is 15.2 Å². The molecule has 1 aliphatic heterocycles. The van der Waals surface area contributed by atoms with Gasteiger partial charge < -0.3 is 19.7 Å². The molecule has 1 aliphatic rings. The van der Waals surface area contributed by atoms with Crippen LogP contribution in [0.25, 0.3) is 0 Å². The summed E-state index contributed by atoms with van der Waals surface area (Å²) in [6, 6.07) is 6.82. The smallest absolute Gasteiger partial charge is 0.269 e. The van der Waals surface area contributed by atoms with E-state index in [0.29, 0.717) is 6.10 Å². The molecule has 0 amide bonds. The average Bonchev–Trinajstić information content (AvgIpc) is 2.75. The van der Waals surface area contributed by atoms with Crippen molar-refractivity contribution in [1.82, 2.24) is 10.2 Å².